The third-order valence-corrected chi connectivity index (χ3v) is 6.27. The maximum absolute atomic E-state index is 12.9. The normalized spacial score (nSPS) is 14.1. The fourth-order valence-electron chi connectivity index (χ4n) is 4.31. The molecule has 0 fully saturated rings. The van der Waals surface area contributed by atoms with Crippen LogP contribution >= 0.6 is 0 Å². The summed E-state index contributed by atoms with van der Waals surface area (Å²) in [6.07, 6.45) is 1.50. The van der Waals surface area contributed by atoms with Gasteiger partial charge in [0.05, 0.1) is 22.1 Å². The van der Waals surface area contributed by atoms with E-state index in [9.17, 15) is 15.2 Å². The van der Waals surface area contributed by atoms with Gasteiger partial charge >= 0.3 is 0 Å². The van der Waals surface area contributed by atoms with E-state index in [4.69, 9.17) is 4.98 Å². The summed E-state index contributed by atoms with van der Waals surface area (Å²) in [4.78, 5) is 26.6. The van der Waals surface area contributed by atoms with Gasteiger partial charge in [0, 0.05) is 13.1 Å². The van der Waals surface area contributed by atoms with Gasteiger partial charge in [0.15, 0.2) is 0 Å². The van der Waals surface area contributed by atoms with Crippen molar-refractivity contribution in [2.75, 3.05) is 36.4 Å². The summed E-state index contributed by atoms with van der Waals surface area (Å²) in [6.45, 7) is 4.43. The molecule has 196 valence electrons. The molecule has 4 aromatic rings. The molecule has 1 aromatic heterocycles. The monoisotopic (exact) mass is 514 g/mol. The number of hydrogen-bond donors (Lipinski definition) is 5. The topological polar surface area (TPSA) is 138 Å². The van der Waals surface area contributed by atoms with Crippen LogP contribution in [0.1, 0.15) is 28.8 Å². The Balaban J connectivity index is 1.05. The maximum atomic E-state index is 12.9. The molecule has 5 rings (SSSR count). The first-order valence-electron chi connectivity index (χ1n) is 12.6. The Morgan fingerprint density at radius 2 is 1.63 bits per heavy atom. The van der Waals surface area contributed by atoms with Crippen molar-refractivity contribution in [2.24, 2.45) is 4.99 Å². The molecule has 11 nitrogen and oxygen atoms in total. The SMILES string of the molecule is Cc1cccc2nc3cccc(C(=O)NCCCNCCCN=C4NN(O)c5ccccc5N4O)c3nc12. The molecular formula is C27H30N8O3. The number of fused-ring (bicyclic) bond motifs is 3. The van der Waals surface area contributed by atoms with Crippen LogP contribution in [0.25, 0.3) is 22.1 Å². The summed E-state index contributed by atoms with van der Waals surface area (Å²) in [5.41, 5.74) is 7.97. The third-order valence-electron chi connectivity index (χ3n) is 6.27. The second kappa shape index (κ2) is 11.4. The first-order valence-corrected chi connectivity index (χ1v) is 12.6. The number of hydrazine groups is 1. The molecule has 3 aromatic carbocycles. The Morgan fingerprint density at radius 3 is 2.47 bits per heavy atom. The average Bonchev–Trinajstić information content (AvgIpc) is 2.93. The van der Waals surface area contributed by atoms with E-state index < -0.39 is 0 Å². The number of amides is 1. The standard InChI is InChI=1S/C27H30N8O3/c1-18-8-4-10-20-24(18)32-25-19(9-5-11-21(25)31-20)26(36)29-16-6-14-28-15-7-17-30-27-33-35(38)23-13-3-2-12-22(23)34(27)37/h2-5,8-13,28,37-38H,6-7,14-17H2,1H3,(H,29,36)(H,30,33). The van der Waals surface area contributed by atoms with Gasteiger partial charge in [0.2, 0.25) is 5.96 Å². The van der Waals surface area contributed by atoms with Gasteiger partial charge in [-0.2, -0.15) is 10.2 Å². The molecule has 5 N–H and O–H groups in total. The summed E-state index contributed by atoms with van der Waals surface area (Å²) in [5.74, 6) is -0.0168. The van der Waals surface area contributed by atoms with Gasteiger partial charge in [-0.1, -0.05) is 30.3 Å². The number of guanidine groups is 1. The highest BCUT2D eigenvalue weighted by molar-refractivity contribution is 6.06. The predicted octanol–water partition coefficient (Wildman–Crippen LogP) is 3.16. The van der Waals surface area contributed by atoms with Crippen LogP contribution < -0.4 is 26.3 Å². The summed E-state index contributed by atoms with van der Waals surface area (Å²) < 4.78 is 0. The molecule has 0 saturated heterocycles. The number of carbonyl (C=O) groups is 1. The Kier molecular flexibility index (Phi) is 7.59. The molecule has 0 saturated carbocycles. The summed E-state index contributed by atoms with van der Waals surface area (Å²) in [7, 11) is 0. The average molecular weight is 515 g/mol. The van der Waals surface area contributed by atoms with Crippen molar-refractivity contribution in [3.05, 3.63) is 71.8 Å². The highest BCUT2D eigenvalue weighted by atomic mass is 16.6. The van der Waals surface area contributed by atoms with Crippen molar-refractivity contribution < 1.29 is 15.2 Å². The number of nitrogens with one attached hydrogen (secondary N) is 3. The molecule has 11 heteroatoms. The van der Waals surface area contributed by atoms with Crippen molar-refractivity contribution in [3.63, 3.8) is 0 Å². The van der Waals surface area contributed by atoms with E-state index in [-0.39, 0.29) is 11.9 Å². The molecule has 1 aliphatic rings. The fraction of sp³-hybridized carbons (Fsp3) is 0.259. The lowest BCUT2D eigenvalue weighted by molar-refractivity contribution is 0.0954. The molecule has 0 aliphatic carbocycles. The third kappa shape index (κ3) is 5.35. The lowest BCUT2D eigenvalue weighted by Crippen LogP contribution is -2.52. The number of anilines is 2. The van der Waals surface area contributed by atoms with Crippen molar-refractivity contribution in [2.45, 2.75) is 19.8 Å². The van der Waals surface area contributed by atoms with Crippen molar-refractivity contribution in [3.8, 4) is 0 Å². The molecule has 0 bridgehead atoms. The van der Waals surface area contributed by atoms with Gasteiger partial charge in [-0.3, -0.25) is 15.2 Å². The van der Waals surface area contributed by atoms with E-state index in [0.717, 1.165) is 52.8 Å². The van der Waals surface area contributed by atoms with Crippen LogP contribution in [0.5, 0.6) is 0 Å². The van der Waals surface area contributed by atoms with Crippen LogP contribution in [0.2, 0.25) is 0 Å². The molecule has 38 heavy (non-hydrogen) atoms. The van der Waals surface area contributed by atoms with Gasteiger partial charge in [-0.05, 0) is 68.8 Å². The minimum atomic E-state index is -0.165. The van der Waals surface area contributed by atoms with Crippen LogP contribution in [-0.2, 0) is 0 Å². The van der Waals surface area contributed by atoms with Crippen LogP contribution in [0.15, 0.2) is 65.7 Å². The maximum Gasteiger partial charge on any atom is 0.253 e. The van der Waals surface area contributed by atoms with E-state index >= 15 is 0 Å². The number of para-hydroxylation sites is 4. The Bertz CT molecular complexity index is 1490. The number of aliphatic imine (C=N–C) groups is 1. The van der Waals surface area contributed by atoms with Crippen LogP contribution in [0.4, 0.5) is 11.4 Å². The Labute approximate surface area is 219 Å². The van der Waals surface area contributed by atoms with E-state index in [0.29, 0.717) is 41.1 Å². The second-order valence-corrected chi connectivity index (χ2v) is 8.98. The number of aryl methyl sites for hydroxylation is 1. The van der Waals surface area contributed by atoms with E-state index in [2.05, 4.69) is 26.0 Å². The molecule has 0 radical (unpaired) electrons. The zero-order valence-electron chi connectivity index (χ0n) is 21.1. The van der Waals surface area contributed by atoms with Gasteiger partial charge in [-0.25, -0.2) is 20.4 Å². The summed E-state index contributed by atoms with van der Waals surface area (Å²) in [6, 6.07) is 18.2. The lowest BCUT2D eigenvalue weighted by atomic mass is 10.1. The summed E-state index contributed by atoms with van der Waals surface area (Å²) >= 11 is 0. The predicted molar refractivity (Wildman–Crippen MR) is 147 cm³/mol. The number of benzene rings is 3. The number of rotatable bonds is 9. The zero-order chi connectivity index (χ0) is 26.5. The smallest absolute Gasteiger partial charge is 0.253 e. The lowest BCUT2D eigenvalue weighted by Gasteiger charge is -2.32. The van der Waals surface area contributed by atoms with Gasteiger partial charge in [0.25, 0.3) is 5.91 Å². The van der Waals surface area contributed by atoms with Crippen molar-refractivity contribution in [1.29, 1.82) is 0 Å². The minimum Gasteiger partial charge on any atom is -0.352 e. The number of carbonyl (C=O) groups excluding carboxylic acids is 1. The largest absolute Gasteiger partial charge is 0.352 e. The highest BCUT2D eigenvalue weighted by Gasteiger charge is 2.25. The molecule has 1 aliphatic heterocycles. The zero-order valence-corrected chi connectivity index (χ0v) is 21.1. The van der Waals surface area contributed by atoms with Crippen LogP contribution in [0, 0.1) is 6.92 Å². The Morgan fingerprint density at radius 1 is 0.895 bits per heavy atom. The van der Waals surface area contributed by atoms with E-state index in [1.807, 2.05) is 37.3 Å². The minimum absolute atomic E-state index is 0.148. The van der Waals surface area contributed by atoms with E-state index in [1.54, 1.807) is 30.3 Å². The first kappa shape index (κ1) is 25.3. The number of hydrogen-bond acceptors (Lipinski definition) is 8. The molecule has 2 heterocycles. The quantitative estimate of drug-likeness (QED) is 0.168. The first-order chi connectivity index (χ1) is 18.5. The van der Waals surface area contributed by atoms with Gasteiger partial charge in [0.1, 0.15) is 16.9 Å². The van der Waals surface area contributed by atoms with Crippen molar-refractivity contribution >= 4 is 45.3 Å². The van der Waals surface area contributed by atoms with E-state index in [1.165, 1.54) is 0 Å². The molecule has 0 atom stereocenters. The fourth-order valence-corrected chi connectivity index (χ4v) is 4.31. The molecule has 1 amide bonds. The van der Waals surface area contributed by atoms with Gasteiger partial charge in [-0.15, -0.1) is 0 Å². The second-order valence-electron chi connectivity index (χ2n) is 8.98. The number of hydroxylamine groups is 1. The Hall–Kier alpha value is -4.32. The van der Waals surface area contributed by atoms with Gasteiger partial charge < -0.3 is 10.6 Å². The summed E-state index contributed by atoms with van der Waals surface area (Å²) in [5, 5.41) is 28.4. The molecule has 0 unspecified atom stereocenters. The van der Waals surface area contributed by atoms with Crippen LogP contribution in [0.3, 0.4) is 0 Å². The molecular weight excluding hydrogens is 484 g/mol. The van der Waals surface area contributed by atoms with Crippen molar-refractivity contribution in [1.82, 2.24) is 26.0 Å². The highest BCUT2D eigenvalue weighted by Crippen LogP contribution is 2.29. The number of nitrogens with zero attached hydrogens (tertiary/aromatic N) is 5. The van der Waals surface area contributed by atoms with Crippen LogP contribution in [-0.4, -0.2) is 58.4 Å². The molecule has 0 spiro atoms. The number of aromatic nitrogens is 2.